The number of aliphatic imine (C=N–C) groups is 1. The minimum absolute atomic E-state index is 0.214. The van der Waals surface area contributed by atoms with Gasteiger partial charge in [-0.15, -0.1) is 0 Å². The van der Waals surface area contributed by atoms with Gasteiger partial charge in [-0.1, -0.05) is 78.9 Å². The maximum atomic E-state index is 13.8. The first-order valence-corrected chi connectivity index (χ1v) is 12.4. The molecule has 0 aliphatic carbocycles. The number of nitrogens with one attached hydrogen (secondary N) is 3. The number of benzodiazepines with no additional fused rings is 1. The molecule has 0 aromatic heterocycles. The number of hydrogen-bond donors (Lipinski definition) is 4. The zero-order chi connectivity index (χ0) is 28.5. The van der Waals surface area contributed by atoms with E-state index in [1.165, 1.54) is 0 Å². The summed E-state index contributed by atoms with van der Waals surface area (Å²) in [5.41, 5.74) is 2.88. The monoisotopic (exact) mass is 541 g/mol. The smallest absolute Gasteiger partial charge is 0.317 e. The number of fused-ring (bicyclic) bond motifs is 1. The van der Waals surface area contributed by atoms with Crippen LogP contribution in [-0.4, -0.2) is 59.7 Å². The van der Waals surface area contributed by atoms with Crippen molar-refractivity contribution < 1.29 is 29.1 Å². The van der Waals surface area contributed by atoms with Crippen LogP contribution >= 0.6 is 0 Å². The number of para-hydroxylation sites is 1. The molecule has 0 fully saturated rings. The molecular weight excluding hydrogens is 514 g/mol. The van der Waals surface area contributed by atoms with Crippen molar-refractivity contribution in [3.8, 4) is 0 Å². The summed E-state index contributed by atoms with van der Waals surface area (Å²) in [4.78, 5) is 67.6. The summed E-state index contributed by atoms with van der Waals surface area (Å²) >= 11 is 0. The molecule has 0 saturated carbocycles. The molecule has 4 rings (SSSR count). The van der Waals surface area contributed by atoms with Gasteiger partial charge in [0.2, 0.25) is 12.1 Å². The predicted octanol–water partition coefficient (Wildman–Crippen LogP) is 1.85. The van der Waals surface area contributed by atoms with Crippen LogP contribution in [0.25, 0.3) is 0 Å². The molecule has 0 spiro atoms. The lowest BCUT2D eigenvalue weighted by molar-refractivity contribution is -0.138. The number of anilines is 1. The van der Waals surface area contributed by atoms with E-state index in [0.717, 1.165) is 10.5 Å². The summed E-state index contributed by atoms with van der Waals surface area (Å²) in [6.45, 7) is -0.326. The number of carbonyl (C=O) groups is 5. The lowest BCUT2D eigenvalue weighted by Crippen LogP contribution is -2.53. The summed E-state index contributed by atoms with van der Waals surface area (Å²) in [6.07, 6.45) is -1.68. The van der Waals surface area contributed by atoms with Crippen LogP contribution in [0.2, 0.25) is 0 Å². The molecule has 3 aromatic carbocycles. The fourth-order valence-electron chi connectivity index (χ4n) is 4.18. The summed E-state index contributed by atoms with van der Waals surface area (Å²) < 4.78 is 0. The first kappa shape index (κ1) is 27.7. The first-order valence-electron chi connectivity index (χ1n) is 12.4. The van der Waals surface area contributed by atoms with Crippen molar-refractivity contribution in [1.29, 1.82) is 0 Å². The highest BCUT2D eigenvalue weighted by atomic mass is 16.4. The Morgan fingerprint density at radius 2 is 1.60 bits per heavy atom. The molecule has 40 heavy (non-hydrogen) atoms. The van der Waals surface area contributed by atoms with E-state index in [0.29, 0.717) is 28.8 Å². The van der Waals surface area contributed by atoms with E-state index in [4.69, 9.17) is 5.11 Å². The third kappa shape index (κ3) is 6.95. The van der Waals surface area contributed by atoms with Crippen LogP contribution in [0.15, 0.2) is 89.9 Å². The average Bonchev–Trinajstić information content (AvgIpc) is 3.07. The molecule has 1 aliphatic heterocycles. The van der Waals surface area contributed by atoms with Gasteiger partial charge in [-0.05, 0) is 11.6 Å². The fraction of sp³-hybridized carbons (Fsp3) is 0.172. The number of amides is 4. The highest BCUT2D eigenvalue weighted by Crippen LogP contribution is 2.28. The molecule has 0 radical (unpaired) electrons. The Morgan fingerprint density at radius 3 is 2.27 bits per heavy atom. The van der Waals surface area contributed by atoms with Gasteiger partial charge in [0.15, 0.2) is 0 Å². The number of aldehydes is 1. The van der Waals surface area contributed by atoms with Gasteiger partial charge in [-0.2, -0.15) is 0 Å². The molecule has 204 valence electrons. The molecule has 1 aliphatic rings. The van der Waals surface area contributed by atoms with Crippen molar-refractivity contribution in [3.05, 3.63) is 102 Å². The van der Waals surface area contributed by atoms with Gasteiger partial charge in [0.1, 0.15) is 12.8 Å². The number of carboxylic acid groups (broad SMARTS) is 1. The number of benzene rings is 3. The molecular formula is C29H27N5O6. The Morgan fingerprint density at radius 1 is 0.950 bits per heavy atom. The second-order valence-corrected chi connectivity index (χ2v) is 8.91. The van der Waals surface area contributed by atoms with Crippen LogP contribution in [-0.2, 0) is 25.7 Å². The average molecular weight is 542 g/mol. The normalized spacial score (nSPS) is 15.1. The van der Waals surface area contributed by atoms with E-state index in [1.807, 2.05) is 60.7 Å². The van der Waals surface area contributed by atoms with Gasteiger partial charge < -0.3 is 25.9 Å². The fourth-order valence-corrected chi connectivity index (χ4v) is 4.18. The first-order chi connectivity index (χ1) is 19.4. The van der Waals surface area contributed by atoms with E-state index in [2.05, 4.69) is 20.9 Å². The molecule has 1 unspecified atom stereocenters. The zero-order valence-corrected chi connectivity index (χ0v) is 21.3. The zero-order valence-electron chi connectivity index (χ0n) is 21.3. The second kappa shape index (κ2) is 13.0. The minimum atomic E-state index is -1.40. The Labute approximate surface area is 229 Å². The number of carboxylic acids is 1. The number of urea groups is 1. The number of carbonyl (C=O) groups excluding carboxylic acids is 4. The SMILES string of the molecule is O=C[C@H](CC(=O)O)NC(=O)CN1C(=O)C(NC(=O)NCc2ccccc2)N=C(c2ccccc2)c2ccccc21. The van der Waals surface area contributed by atoms with Gasteiger partial charge in [-0.3, -0.25) is 19.3 Å². The van der Waals surface area contributed by atoms with Gasteiger partial charge >= 0.3 is 12.0 Å². The van der Waals surface area contributed by atoms with Crippen LogP contribution in [0.1, 0.15) is 23.1 Å². The summed E-state index contributed by atoms with van der Waals surface area (Å²) in [5.74, 6) is -2.71. The van der Waals surface area contributed by atoms with Crippen LogP contribution in [0, 0.1) is 0 Å². The third-order valence-corrected chi connectivity index (χ3v) is 6.03. The molecule has 3 aromatic rings. The maximum Gasteiger partial charge on any atom is 0.317 e. The molecule has 2 atom stereocenters. The number of rotatable bonds is 10. The van der Waals surface area contributed by atoms with Crippen LogP contribution in [0.3, 0.4) is 0 Å². The van der Waals surface area contributed by atoms with Crippen molar-refractivity contribution in [2.75, 3.05) is 11.4 Å². The van der Waals surface area contributed by atoms with E-state index in [-0.39, 0.29) is 6.54 Å². The third-order valence-electron chi connectivity index (χ3n) is 6.03. The van der Waals surface area contributed by atoms with Gasteiger partial charge in [0, 0.05) is 17.7 Å². The van der Waals surface area contributed by atoms with Crippen molar-refractivity contribution in [3.63, 3.8) is 0 Å². The van der Waals surface area contributed by atoms with Gasteiger partial charge in [0.25, 0.3) is 5.91 Å². The number of nitrogens with zero attached hydrogens (tertiary/aromatic N) is 2. The molecule has 4 amide bonds. The highest BCUT2D eigenvalue weighted by molar-refractivity contribution is 6.21. The Balaban J connectivity index is 1.65. The minimum Gasteiger partial charge on any atom is -0.481 e. The van der Waals surface area contributed by atoms with E-state index in [9.17, 15) is 24.0 Å². The summed E-state index contributed by atoms with van der Waals surface area (Å²) in [5, 5.41) is 16.6. The van der Waals surface area contributed by atoms with Crippen LogP contribution in [0.5, 0.6) is 0 Å². The van der Waals surface area contributed by atoms with E-state index < -0.39 is 49.0 Å². The van der Waals surface area contributed by atoms with Crippen molar-refractivity contribution in [1.82, 2.24) is 16.0 Å². The Hall–Kier alpha value is -5.32. The highest BCUT2D eigenvalue weighted by Gasteiger charge is 2.34. The summed E-state index contributed by atoms with van der Waals surface area (Å²) in [6, 6.07) is 23.3. The number of hydrogen-bond acceptors (Lipinski definition) is 6. The molecule has 11 nitrogen and oxygen atoms in total. The predicted molar refractivity (Wildman–Crippen MR) is 147 cm³/mol. The number of aliphatic carboxylic acids is 1. The summed E-state index contributed by atoms with van der Waals surface area (Å²) in [7, 11) is 0. The van der Waals surface area contributed by atoms with Crippen molar-refractivity contribution in [2.45, 2.75) is 25.2 Å². The van der Waals surface area contributed by atoms with Gasteiger partial charge in [-0.25, -0.2) is 9.79 Å². The van der Waals surface area contributed by atoms with Crippen molar-refractivity contribution >= 4 is 41.5 Å². The lowest BCUT2D eigenvalue weighted by Gasteiger charge is -2.25. The molecule has 1 heterocycles. The molecule has 0 saturated heterocycles. The van der Waals surface area contributed by atoms with Crippen LogP contribution in [0.4, 0.5) is 10.5 Å². The van der Waals surface area contributed by atoms with Crippen LogP contribution < -0.4 is 20.9 Å². The molecule has 0 bridgehead atoms. The largest absolute Gasteiger partial charge is 0.481 e. The lowest BCUT2D eigenvalue weighted by atomic mass is 10.0. The molecule has 4 N–H and O–H groups in total. The Kier molecular flexibility index (Phi) is 8.98. The Bertz CT molecular complexity index is 1430. The van der Waals surface area contributed by atoms with E-state index in [1.54, 1.807) is 24.3 Å². The second-order valence-electron chi connectivity index (χ2n) is 8.91. The topological polar surface area (TPSA) is 157 Å². The molecule has 11 heteroatoms. The van der Waals surface area contributed by atoms with Crippen molar-refractivity contribution in [2.24, 2.45) is 4.99 Å². The maximum absolute atomic E-state index is 13.8. The quantitative estimate of drug-likeness (QED) is 0.287. The van der Waals surface area contributed by atoms with E-state index >= 15 is 0 Å². The van der Waals surface area contributed by atoms with Gasteiger partial charge in [0.05, 0.1) is 23.9 Å². The standard InChI is InChI=1S/C29H27N5O6/c35-18-21(15-25(37)38)31-24(36)17-34-23-14-8-7-13-22(23)26(20-11-5-2-6-12-20)32-27(28(34)39)33-29(40)30-16-19-9-3-1-4-10-19/h1-14,18,21,27H,15-17H2,(H,31,36)(H,37,38)(H2,30,33,40)/t21-,27?/m0/s1.